The Morgan fingerprint density at radius 2 is 1.89 bits per heavy atom. The van der Waals surface area contributed by atoms with Gasteiger partial charge in [0.25, 0.3) is 5.91 Å². The van der Waals surface area contributed by atoms with E-state index in [0.29, 0.717) is 38.5 Å². The Balaban J connectivity index is 1.16. The van der Waals surface area contributed by atoms with Crippen molar-refractivity contribution in [3.05, 3.63) is 82.3 Å². The van der Waals surface area contributed by atoms with Crippen molar-refractivity contribution in [1.29, 1.82) is 0 Å². The molecule has 4 aromatic rings. The van der Waals surface area contributed by atoms with Crippen LogP contribution in [0.25, 0.3) is 11.0 Å². The number of carboxylic acid groups (broad SMARTS) is 1. The Morgan fingerprint density at radius 1 is 1.11 bits per heavy atom. The molecule has 0 atom stereocenters. The summed E-state index contributed by atoms with van der Waals surface area (Å²) >= 11 is 5.75. The van der Waals surface area contributed by atoms with Crippen LogP contribution >= 0.6 is 11.6 Å². The predicted molar refractivity (Wildman–Crippen MR) is 133 cm³/mol. The summed E-state index contributed by atoms with van der Waals surface area (Å²) in [6, 6.07) is 12.3. The van der Waals surface area contributed by atoms with Crippen LogP contribution in [0.4, 0.5) is 4.39 Å². The van der Waals surface area contributed by atoms with Gasteiger partial charge in [-0.15, -0.1) is 0 Å². The van der Waals surface area contributed by atoms with Gasteiger partial charge in [0, 0.05) is 38.2 Å². The fraction of sp³-hybridized carbons (Fsp3) is 0.269. The largest absolute Gasteiger partial charge is 0.483 e. The van der Waals surface area contributed by atoms with E-state index in [9.17, 15) is 19.1 Å². The molecular weight excluding hydrogens is 503 g/mol. The Labute approximate surface area is 216 Å². The second kappa shape index (κ2) is 10.2. The normalized spacial score (nSPS) is 14.3. The molecule has 0 aliphatic carbocycles. The first kappa shape index (κ1) is 24.8. The lowest BCUT2D eigenvalue weighted by Gasteiger charge is -2.34. The molecule has 0 spiro atoms. The van der Waals surface area contributed by atoms with Crippen molar-refractivity contribution < 1.29 is 28.2 Å². The quantitative estimate of drug-likeness (QED) is 0.385. The highest BCUT2D eigenvalue weighted by Crippen LogP contribution is 2.23. The first-order valence-corrected chi connectivity index (χ1v) is 12.0. The van der Waals surface area contributed by atoms with Gasteiger partial charge in [0.15, 0.2) is 17.3 Å². The van der Waals surface area contributed by atoms with Crippen LogP contribution in [-0.4, -0.2) is 62.5 Å². The van der Waals surface area contributed by atoms with Crippen molar-refractivity contribution in [3.8, 4) is 5.75 Å². The number of aryl methyl sites for hydroxylation is 1. The lowest BCUT2D eigenvalue weighted by Crippen LogP contribution is -2.48. The molecule has 1 saturated heterocycles. The molecule has 2 aromatic carbocycles. The number of carbonyl (C=O) groups excluding carboxylic acids is 1. The van der Waals surface area contributed by atoms with E-state index in [1.807, 2.05) is 11.6 Å². The fourth-order valence-corrected chi connectivity index (χ4v) is 4.45. The summed E-state index contributed by atoms with van der Waals surface area (Å²) in [5.41, 5.74) is 1.73. The molecule has 9 nitrogen and oxygen atoms in total. The van der Waals surface area contributed by atoms with Crippen molar-refractivity contribution in [2.45, 2.75) is 13.2 Å². The lowest BCUT2D eigenvalue weighted by molar-refractivity contribution is 0.0589. The van der Waals surface area contributed by atoms with Crippen molar-refractivity contribution in [2.24, 2.45) is 7.05 Å². The van der Waals surface area contributed by atoms with Crippen molar-refractivity contribution in [3.63, 3.8) is 0 Å². The average molecular weight is 527 g/mol. The smallest absolute Gasteiger partial charge is 0.335 e. The van der Waals surface area contributed by atoms with E-state index in [0.717, 1.165) is 16.9 Å². The number of nitrogens with zero attached hydrogens (tertiary/aromatic N) is 4. The van der Waals surface area contributed by atoms with Gasteiger partial charge in [-0.05, 0) is 48.5 Å². The highest BCUT2D eigenvalue weighted by Gasteiger charge is 2.25. The molecule has 1 aliphatic heterocycles. The van der Waals surface area contributed by atoms with Gasteiger partial charge in [0.05, 0.1) is 23.1 Å². The number of fused-ring (bicyclic) bond motifs is 1. The predicted octanol–water partition coefficient (Wildman–Crippen LogP) is 4.19. The molecule has 0 saturated carbocycles. The Hall–Kier alpha value is -3.89. The van der Waals surface area contributed by atoms with E-state index in [2.05, 4.69) is 9.88 Å². The fourth-order valence-electron chi connectivity index (χ4n) is 4.29. The molecule has 11 heteroatoms. The van der Waals surface area contributed by atoms with Crippen LogP contribution in [0.15, 0.2) is 52.9 Å². The molecule has 1 amide bonds. The first-order valence-electron chi connectivity index (χ1n) is 11.7. The van der Waals surface area contributed by atoms with Crippen LogP contribution in [0.5, 0.6) is 5.75 Å². The van der Waals surface area contributed by atoms with E-state index in [1.165, 1.54) is 18.2 Å². The highest BCUT2D eigenvalue weighted by atomic mass is 35.5. The molecular formula is C26H24ClFN4O5. The minimum Gasteiger partial charge on any atom is -0.483 e. The summed E-state index contributed by atoms with van der Waals surface area (Å²) in [5, 5.41) is 9.52. The molecule has 3 heterocycles. The van der Waals surface area contributed by atoms with E-state index in [4.69, 9.17) is 20.8 Å². The van der Waals surface area contributed by atoms with E-state index < -0.39 is 11.8 Å². The second-order valence-electron chi connectivity index (χ2n) is 8.79. The summed E-state index contributed by atoms with van der Waals surface area (Å²) in [6.07, 6.45) is 0. The minimum absolute atomic E-state index is 0.0222. The van der Waals surface area contributed by atoms with Crippen molar-refractivity contribution in [2.75, 3.05) is 26.2 Å². The van der Waals surface area contributed by atoms with Gasteiger partial charge >= 0.3 is 5.97 Å². The molecule has 192 valence electrons. The van der Waals surface area contributed by atoms with Crippen LogP contribution in [0.1, 0.15) is 32.5 Å². The van der Waals surface area contributed by atoms with Gasteiger partial charge in [0.1, 0.15) is 18.2 Å². The molecule has 0 unspecified atom stereocenters. The number of benzene rings is 2. The number of amides is 1. The number of hydrogen-bond acceptors (Lipinski definition) is 6. The highest BCUT2D eigenvalue weighted by molar-refractivity contribution is 6.30. The Morgan fingerprint density at radius 3 is 2.62 bits per heavy atom. The molecule has 1 fully saturated rings. The number of imidazole rings is 1. The molecule has 1 aliphatic rings. The van der Waals surface area contributed by atoms with Gasteiger partial charge in [-0.3, -0.25) is 9.69 Å². The van der Waals surface area contributed by atoms with Gasteiger partial charge < -0.3 is 23.7 Å². The monoisotopic (exact) mass is 526 g/mol. The maximum Gasteiger partial charge on any atom is 0.335 e. The molecule has 2 aromatic heterocycles. The number of rotatable bonds is 7. The van der Waals surface area contributed by atoms with Crippen molar-refractivity contribution in [1.82, 2.24) is 19.4 Å². The number of piperazine rings is 1. The summed E-state index contributed by atoms with van der Waals surface area (Å²) in [6.45, 7) is 2.91. The third-order valence-corrected chi connectivity index (χ3v) is 6.62. The number of carbonyl (C=O) groups is 2. The third kappa shape index (κ3) is 5.30. The average Bonchev–Trinajstić information content (AvgIpc) is 3.48. The Kier molecular flexibility index (Phi) is 6.86. The molecule has 5 rings (SSSR count). The van der Waals surface area contributed by atoms with Gasteiger partial charge in [-0.1, -0.05) is 11.6 Å². The molecule has 1 N–H and O–H groups in total. The van der Waals surface area contributed by atoms with E-state index >= 15 is 0 Å². The number of ether oxygens (including phenoxy) is 1. The third-order valence-electron chi connectivity index (χ3n) is 6.38. The van der Waals surface area contributed by atoms with Gasteiger partial charge in [0.2, 0.25) is 0 Å². The second-order valence-corrected chi connectivity index (χ2v) is 9.23. The SMILES string of the molecule is Cn1c(CN2CCN(C(=O)c3ccc(COc4ccc(Cl)cc4F)o3)CC2)nc2ccc(C(=O)O)cc21. The number of hydrogen-bond donors (Lipinski definition) is 1. The summed E-state index contributed by atoms with van der Waals surface area (Å²) in [5.74, 6) is -0.281. The zero-order valence-electron chi connectivity index (χ0n) is 20.0. The molecule has 0 radical (unpaired) electrons. The van der Waals surface area contributed by atoms with Crippen LogP contribution in [0.2, 0.25) is 5.02 Å². The summed E-state index contributed by atoms with van der Waals surface area (Å²) < 4.78 is 26.9. The number of halogens is 2. The number of carboxylic acids is 1. The maximum absolute atomic E-state index is 13.9. The summed E-state index contributed by atoms with van der Waals surface area (Å²) in [7, 11) is 1.87. The van der Waals surface area contributed by atoms with Crippen LogP contribution in [-0.2, 0) is 20.2 Å². The van der Waals surface area contributed by atoms with Crippen molar-refractivity contribution >= 4 is 34.5 Å². The van der Waals surface area contributed by atoms with Gasteiger partial charge in [-0.2, -0.15) is 0 Å². The number of aromatic carboxylic acids is 1. The minimum atomic E-state index is -0.975. The lowest BCUT2D eigenvalue weighted by atomic mass is 10.2. The first-order chi connectivity index (χ1) is 17.8. The van der Waals surface area contributed by atoms with E-state index in [-0.39, 0.29) is 34.6 Å². The van der Waals surface area contributed by atoms with Crippen LogP contribution < -0.4 is 4.74 Å². The Bertz CT molecular complexity index is 1480. The summed E-state index contributed by atoms with van der Waals surface area (Å²) in [4.78, 5) is 32.8. The number of aromatic nitrogens is 2. The molecule has 37 heavy (non-hydrogen) atoms. The zero-order chi connectivity index (χ0) is 26.1. The van der Waals surface area contributed by atoms with Crippen LogP contribution in [0, 0.1) is 5.82 Å². The number of furan rings is 1. The van der Waals surface area contributed by atoms with E-state index in [1.54, 1.807) is 35.2 Å². The molecule has 0 bridgehead atoms. The topological polar surface area (TPSA) is 101 Å². The standard InChI is InChI=1S/C26H24ClFN4O5/c1-30-21-12-16(26(34)35)2-5-20(21)29-24(30)14-31-8-10-32(11-9-31)25(33)23-7-4-18(37-23)15-36-22-6-3-17(27)13-19(22)28/h2-7,12-13H,8-11,14-15H2,1H3,(H,34,35). The van der Waals surface area contributed by atoms with Gasteiger partial charge in [-0.25, -0.2) is 14.2 Å². The zero-order valence-corrected chi connectivity index (χ0v) is 20.7. The maximum atomic E-state index is 13.9. The van der Waals surface area contributed by atoms with Crippen LogP contribution in [0.3, 0.4) is 0 Å².